The number of aromatic nitrogens is 2. The quantitative estimate of drug-likeness (QED) is 0.236. The van der Waals surface area contributed by atoms with Gasteiger partial charge in [0.1, 0.15) is 22.9 Å². The second-order valence-electron chi connectivity index (χ2n) is 11.6. The Hall–Kier alpha value is -4.02. The van der Waals surface area contributed by atoms with Gasteiger partial charge in [0, 0.05) is 24.6 Å². The van der Waals surface area contributed by atoms with Crippen LogP contribution in [0.25, 0.3) is 0 Å². The van der Waals surface area contributed by atoms with Crippen molar-refractivity contribution >= 4 is 33.2 Å². The molecule has 2 atom stereocenters. The standard InChI is InChI=1S/C30H35F4N7O4S/c1-41-10-8-18(9-11-41)37-28(42)20-13-23(25(45-2)14-22(20)31)39-29-35-15-21(30(32,33)34)27(40-29)38-24-12-17-6-4-5-7-19(17)26(24)36-16-46(3,43)44/h4-7,13-15,18,24,26,36H,8-12,16H2,1-3H3,(H,37,42)(H2,35,38,39,40)/t24-,26-/m1/s1. The molecule has 1 saturated heterocycles. The number of benzene rings is 2. The van der Waals surface area contributed by atoms with Crippen LogP contribution in [0.1, 0.15) is 45.9 Å². The molecule has 1 aliphatic heterocycles. The summed E-state index contributed by atoms with van der Waals surface area (Å²) in [6.07, 6.45) is -1.45. The van der Waals surface area contributed by atoms with E-state index in [9.17, 15) is 30.8 Å². The van der Waals surface area contributed by atoms with Gasteiger partial charge in [0.05, 0.1) is 36.3 Å². The average molecular weight is 666 g/mol. The highest BCUT2D eigenvalue weighted by Crippen LogP contribution is 2.38. The molecule has 0 bridgehead atoms. The van der Waals surface area contributed by atoms with Crippen molar-refractivity contribution in [3.63, 3.8) is 0 Å². The fraction of sp³-hybridized carbons (Fsp3) is 0.433. The maximum Gasteiger partial charge on any atom is 0.421 e. The molecule has 2 heterocycles. The number of hydrogen-bond acceptors (Lipinski definition) is 10. The zero-order chi connectivity index (χ0) is 33.2. The molecule has 1 aliphatic carbocycles. The van der Waals surface area contributed by atoms with Gasteiger partial charge in [0.15, 0.2) is 9.84 Å². The number of fused-ring (bicyclic) bond motifs is 1. The van der Waals surface area contributed by atoms with E-state index in [1.165, 1.54) is 13.2 Å². The van der Waals surface area contributed by atoms with Crippen LogP contribution >= 0.6 is 0 Å². The Bertz CT molecular complexity index is 1700. The molecular weight excluding hydrogens is 630 g/mol. The number of hydrogen-bond donors (Lipinski definition) is 4. The van der Waals surface area contributed by atoms with Crippen molar-refractivity contribution in [3.05, 3.63) is 70.7 Å². The molecule has 0 unspecified atom stereocenters. The number of likely N-dealkylation sites (tertiary alicyclic amines) is 1. The van der Waals surface area contributed by atoms with Crippen LogP contribution in [0.2, 0.25) is 0 Å². The van der Waals surface area contributed by atoms with Crippen molar-refractivity contribution in [2.75, 3.05) is 50.0 Å². The van der Waals surface area contributed by atoms with Gasteiger partial charge in [-0.05, 0) is 56.6 Å². The number of anilines is 3. The lowest BCUT2D eigenvalue weighted by atomic mass is 10.0. The predicted octanol–water partition coefficient (Wildman–Crippen LogP) is 3.88. The van der Waals surface area contributed by atoms with E-state index in [0.717, 1.165) is 36.5 Å². The monoisotopic (exact) mass is 665 g/mol. The van der Waals surface area contributed by atoms with E-state index in [0.29, 0.717) is 25.5 Å². The molecule has 4 N–H and O–H groups in total. The average Bonchev–Trinajstić information content (AvgIpc) is 3.33. The zero-order valence-electron chi connectivity index (χ0n) is 25.4. The Morgan fingerprint density at radius 2 is 1.87 bits per heavy atom. The summed E-state index contributed by atoms with van der Waals surface area (Å²) in [4.78, 5) is 23.1. The van der Waals surface area contributed by atoms with Crippen LogP contribution in [0.4, 0.5) is 35.0 Å². The third kappa shape index (κ3) is 7.85. The maximum absolute atomic E-state index is 15.0. The lowest BCUT2D eigenvalue weighted by Crippen LogP contribution is -2.43. The predicted molar refractivity (Wildman–Crippen MR) is 164 cm³/mol. The number of halogens is 4. The molecule has 3 aromatic rings. The number of sulfone groups is 1. The molecule has 2 aliphatic rings. The van der Waals surface area contributed by atoms with E-state index in [1.807, 2.05) is 13.1 Å². The van der Waals surface area contributed by atoms with Crippen molar-refractivity contribution in [1.29, 1.82) is 0 Å². The fourth-order valence-corrected chi connectivity index (χ4v) is 6.17. The van der Waals surface area contributed by atoms with Crippen LogP contribution in [-0.4, -0.2) is 80.7 Å². The van der Waals surface area contributed by atoms with Crippen molar-refractivity contribution in [1.82, 2.24) is 25.5 Å². The highest BCUT2D eigenvalue weighted by molar-refractivity contribution is 7.90. The van der Waals surface area contributed by atoms with Crippen molar-refractivity contribution in [3.8, 4) is 5.75 Å². The Morgan fingerprint density at radius 3 is 2.54 bits per heavy atom. The van der Waals surface area contributed by atoms with Gasteiger partial charge in [-0.25, -0.2) is 17.8 Å². The van der Waals surface area contributed by atoms with Gasteiger partial charge < -0.3 is 25.6 Å². The first-order chi connectivity index (χ1) is 21.7. The van der Waals surface area contributed by atoms with Gasteiger partial charge in [0.2, 0.25) is 5.95 Å². The van der Waals surface area contributed by atoms with Gasteiger partial charge in [-0.3, -0.25) is 10.1 Å². The van der Waals surface area contributed by atoms with E-state index >= 15 is 0 Å². The van der Waals surface area contributed by atoms with Gasteiger partial charge in [-0.15, -0.1) is 0 Å². The number of amides is 1. The maximum atomic E-state index is 15.0. The minimum absolute atomic E-state index is 0.0253. The largest absolute Gasteiger partial charge is 0.494 e. The van der Waals surface area contributed by atoms with Crippen LogP contribution in [-0.2, 0) is 22.4 Å². The summed E-state index contributed by atoms with van der Waals surface area (Å²) in [6.45, 7) is 1.57. The number of carbonyl (C=O) groups is 1. The molecule has 1 amide bonds. The van der Waals surface area contributed by atoms with Crippen molar-refractivity contribution < 1.29 is 35.5 Å². The Labute approximate surface area is 264 Å². The smallest absolute Gasteiger partial charge is 0.421 e. The lowest BCUT2D eigenvalue weighted by molar-refractivity contribution is -0.137. The molecular formula is C30H35F4N7O4S. The number of methoxy groups -OCH3 is 1. The van der Waals surface area contributed by atoms with Crippen molar-refractivity contribution in [2.24, 2.45) is 0 Å². The Balaban J connectivity index is 1.43. The Kier molecular flexibility index (Phi) is 9.70. The van der Waals surface area contributed by atoms with Crippen LogP contribution in [0.3, 0.4) is 0 Å². The topological polar surface area (TPSA) is 138 Å². The molecule has 5 rings (SSSR count). The first-order valence-corrected chi connectivity index (χ1v) is 16.6. The van der Waals surface area contributed by atoms with E-state index in [4.69, 9.17) is 4.74 Å². The fourth-order valence-electron chi connectivity index (χ4n) is 5.69. The number of ether oxygens (including phenoxy) is 1. The third-order valence-corrected chi connectivity index (χ3v) is 8.74. The lowest BCUT2D eigenvalue weighted by Gasteiger charge is -2.29. The van der Waals surface area contributed by atoms with Gasteiger partial charge >= 0.3 is 6.18 Å². The van der Waals surface area contributed by atoms with E-state index < -0.39 is 51.2 Å². The first-order valence-electron chi connectivity index (χ1n) is 14.6. The highest BCUT2D eigenvalue weighted by atomic mass is 32.2. The number of alkyl halides is 3. The van der Waals surface area contributed by atoms with Gasteiger partial charge in [-0.2, -0.15) is 18.2 Å². The highest BCUT2D eigenvalue weighted by Gasteiger charge is 2.39. The summed E-state index contributed by atoms with van der Waals surface area (Å²) in [7, 11) is -0.182. The summed E-state index contributed by atoms with van der Waals surface area (Å²) in [5, 5.41) is 11.4. The molecule has 0 spiro atoms. The Morgan fingerprint density at radius 1 is 1.15 bits per heavy atom. The minimum atomic E-state index is -4.82. The van der Waals surface area contributed by atoms with Gasteiger partial charge in [0.25, 0.3) is 5.91 Å². The van der Waals surface area contributed by atoms with Gasteiger partial charge in [-0.1, -0.05) is 24.3 Å². The van der Waals surface area contributed by atoms with Crippen LogP contribution < -0.4 is 26.0 Å². The number of nitrogens with zero attached hydrogens (tertiary/aromatic N) is 3. The summed E-state index contributed by atoms with van der Waals surface area (Å²) < 4.78 is 86.4. The van der Waals surface area contributed by atoms with E-state index in [1.54, 1.807) is 18.2 Å². The first kappa shape index (κ1) is 33.3. The van der Waals surface area contributed by atoms with Crippen LogP contribution in [0.5, 0.6) is 5.75 Å². The number of carbonyl (C=O) groups excluding carboxylic acids is 1. The number of nitrogens with one attached hydrogen (secondary N) is 4. The van der Waals surface area contributed by atoms with E-state index in [2.05, 4.69) is 36.1 Å². The molecule has 1 aromatic heterocycles. The molecule has 0 saturated carbocycles. The number of rotatable bonds is 10. The molecule has 46 heavy (non-hydrogen) atoms. The summed E-state index contributed by atoms with van der Waals surface area (Å²) >= 11 is 0. The number of piperidine rings is 1. The summed E-state index contributed by atoms with van der Waals surface area (Å²) in [5.74, 6) is -2.71. The molecule has 16 heteroatoms. The van der Waals surface area contributed by atoms with E-state index in [-0.39, 0.29) is 34.9 Å². The normalized spacial score (nSPS) is 19.0. The molecule has 11 nitrogen and oxygen atoms in total. The summed E-state index contributed by atoms with van der Waals surface area (Å²) in [6, 6.07) is 7.91. The third-order valence-electron chi connectivity index (χ3n) is 8.05. The summed E-state index contributed by atoms with van der Waals surface area (Å²) in [5.41, 5.74) is 0.237. The molecule has 2 aromatic carbocycles. The molecule has 0 radical (unpaired) electrons. The minimum Gasteiger partial charge on any atom is -0.494 e. The van der Waals surface area contributed by atoms with Crippen LogP contribution in [0.15, 0.2) is 42.6 Å². The van der Waals surface area contributed by atoms with Crippen molar-refractivity contribution in [2.45, 2.75) is 43.6 Å². The second kappa shape index (κ2) is 13.4. The molecule has 248 valence electrons. The second-order valence-corrected chi connectivity index (χ2v) is 13.7. The molecule has 1 fully saturated rings. The SMILES string of the molecule is COc1cc(F)c(C(=O)NC2CCN(C)CC2)cc1Nc1ncc(C(F)(F)F)c(N[C@@H]2Cc3ccccc3[C@H]2NCS(C)(=O)=O)n1. The zero-order valence-corrected chi connectivity index (χ0v) is 26.2. The van der Waals surface area contributed by atoms with Crippen LogP contribution in [0, 0.1) is 5.82 Å².